The molecule has 3 aliphatic rings. The van der Waals surface area contributed by atoms with Crippen LogP contribution in [0.1, 0.15) is 29.3 Å². The fourth-order valence-corrected chi connectivity index (χ4v) is 5.83. The highest BCUT2D eigenvalue weighted by Gasteiger charge is 2.63. The lowest BCUT2D eigenvalue weighted by Crippen LogP contribution is -2.63. The second-order valence-corrected chi connectivity index (χ2v) is 9.66. The number of ketones is 2. The van der Waals surface area contributed by atoms with Crippen molar-refractivity contribution < 1.29 is 34.8 Å². The van der Waals surface area contributed by atoms with Crippen molar-refractivity contribution >= 4 is 28.8 Å². The maximum atomic E-state index is 13.7. The van der Waals surface area contributed by atoms with E-state index in [-0.39, 0.29) is 29.7 Å². The number of anilines is 2. The number of carbonyl (C=O) groups is 3. The Bertz CT molecular complexity index is 1230. The first kappa shape index (κ1) is 24.6. The number of rotatable bonds is 4. The van der Waals surface area contributed by atoms with Crippen molar-refractivity contribution in [2.45, 2.75) is 31.4 Å². The van der Waals surface area contributed by atoms with Crippen molar-refractivity contribution in [2.24, 2.45) is 17.6 Å². The minimum atomic E-state index is -2.66. The topological polar surface area (TPSA) is 191 Å². The first-order valence-corrected chi connectivity index (χ1v) is 11.3. The molecule has 188 valence electrons. The summed E-state index contributed by atoms with van der Waals surface area (Å²) >= 11 is 0. The van der Waals surface area contributed by atoms with Crippen molar-refractivity contribution in [2.75, 3.05) is 38.3 Å². The molecule has 11 nitrogen and oxygen atoms in total. The van der Waals surface area contributed by atoms with Gasteiger partial charge in [0.15, 0.2) is 11.4 Å². The van der Waals surface area contributed by atoms with Crippen LogP contribution in [-0.2, 0) is 16.0 Å². The number of primary amides is 1. The highest BCUT2D eigenvalue weighted by atomic mass is 16.3. The number of aromatic hydroxyl groups is 1. The summed E-state index contributed by atoms with van der Waals surface area (Å²) in [6, 6.07) is 0.553. The largest absolute Gasteiger partial charge is 0.510 e. The van der Waals surface area contributed by atoms with Crippen LogP contribution in [0.5, 0.6) is 5.75 Å². The number of hydrogen-bond acceptors (Lipinski definition) is 10. The molecule has 0 saturated heterocycles. The van der Waals surface area contributed by atoms with Gasteiger partial charge in [0.25, 0.3) is 5.91 Å². The Hall–Kier alpha value is -3.57. The number of nitrogen functional groups attached to an aromatic ring is 1. The Morgan fingerprint density at radius 3 is 2.37 bits per heavy atom. The molecule has 0 aliphatic heterocycles. The van der Waals surface area contributed by atoms with Crippen LogP contribution in [0.2, 0.25) is 0 Å². The van der Waals surface area contributed by atoms with Crippen molar-refractivity contribution in [3.05, 3.63) is 39.9 Å². The van der Waals surface area contributed by atoms with Gasteiger partial charge in [-0.3, -0.25) is 19.3 Å². The predicted molar refractivity (Wildman–Crippen MR) is 127 cm³/mol. The van der Waals surface area contributed by atoms with Crippen molar-refractivity contribution in [3.63, 3.8) is 0 Å². The van der Waals surface area contributed by atoms with Crippen molar-refractivity contribution in [1.82, 2.24) is 4.90 Å². The summed E-state index contributed by atoms with van der Waals surface area (Å²) in [5.74, 6) is -6.92. The van der Waals surface area contributed by atoms with E-state index in [1.807, 2.05) is 18.9 Å². The minimum Gasteiger partial charge on any atom is -0.510 e. The van der Waals surface area contributed by atoms with Gasteiger partial charge in [0, 0.05) is 30.8 Å². The van der Waals surface area contributed by atoms with E-state index in [2.05, 4.69) is 0 Å². The zero-order chi connectivity index (χ0) is 26.1. The Labute approximate surface area is 201 Å². The number of Topliss-reactive ketones (excluding diaryl/α,β-unsaturated/α-hetero) is 2. The van der Waals surface area contributed by atoms with Crippen LogP contribution in [-0.4, -0.2) is 82.1 Å². The molecule has 2 unspecified atom stereocenters. The molecule has 11 heteroatoms. The first-order chi connectivity index (χ1) is 16.3. The molecule has 1 aromatic rings. The first-order valence-electron chi connectivity index (χ1n) is 11.3. The van der Waals surface area contributed by atoms with Gasteiger partial charge >= 0.3 is 0 Å². The average Bonchev–Trinajstić information content (AvgIpc) is 2.77. The molecule has 1 aromatic carbocycles. The lowest BCUT2D eigenvalue weighted by atomic mass is 9.58. The number of nitrogens with two attached hydrogens (primary N) is 2. The molecule has 35 heavy (non-hydrogen) atoms. The van der Waals surface area contributed by atoms with Gasteiger partial charge < -0.3 is 36.8 Å². The second kappa shape index (κ2) is 7.99. The molecule has 0 saturated carbocycles. The zero-order valence-electron chi connectivity index (χ0n) is 20.0. The predicted octanol–water partition coefficient (Wildman–Crippen LogP) is 0.159. The van der Waals surface area contributed by atoms with E-state index in [0.717, 1.165) is 0 Å². The monoisotopic (exact) mass is 486 g/mol. The third-order valence-corrected chi connectivity index (χ3v) is 7.61. The molecule has 1 amide bonds. The molecule has 0 radical (unpaired) electrons. The van der Waals surface area contributed by atoms with E-state index >= 15 is 0 Å². The number of nitrogens with zero attached hydrogens (tertiary/aromatic N) is 2. The third-order valence-electron chi connectivity index (χ3n) is 7.61. The van der Waals surface area contributed by atoms with E-state index in [1.54, 1.807) is 20.2 Å². The van der Waals surface area contributed by atoms with E-state index in [0.29, 0.717) is 17.8 Å². The molecule has 0 aromatic heterocycles. The molecule has 0 spiro atoms. The number of fused-ring (bicyclic) bond motifs is 3. The molecular weight excluding hydrogens is 456 g/mol. The Kier molecular flexibility index (Phi) is 5.61. The number of likely N-dealkylation sites (N-methyl/N-ethyl adjacent to an activating group) is 1. The van der Waals surface area contributed by atoms with Gasteiger partial charge in [-0.05, 0) is 51.4 Å². The molecule has 4 atom stereocenters. The minimum absolute atomic E-state index is 0.0244. The second-order valence-electron chi connectivity index (χ2n) is 9.66. The maximum Gasteiger partial charge on any atom is 0.255 e. The van der Waals surface area contributed by atoms with Crippen LogP contribution in [0.25, 0.3) is 0 Å². The fraction of sp³-hybridized carbons (Fsp3) is 0.458. The maximum absolute atomic E-state index is 13.7. The summed E-state index contributed by atoms with van der Waals surface area (Å²) in [4.78, 5) is 42.4. The van der Waals surface area contributed by atoms with E-state index in [9.17, 15) is 34.8 Å². The van der Waals surface area contributed by atoms with E-state index < -0.39 is 63.8 Å². The number of aliphatic hydroxyl groups excluding tert-OH is 2. The molecule has 0 bridgehead atoms. The molecule has 3 aliphatic carbocycles. The standard InChI is InChI=1S/C24H30N4O7/c1-5-28(4)13-8-12(25)18(29)15-10(13)6-9-7-11-17(27(2)3)20(31)16(23(26)34)22(33)24(11,35)21(32)14(9)19(15)30/h8-9,11,17,29,31-32,35H,5-7,25H2,1-4H3,(H2,26,34)/t9?,11?,17-,24-/m0/s1. The van der Waals surface area contributed by atoms with Crippen molar-refractivity contribution in [3.8, 4) is 5.75 Å². The zero-order valence-corrected chi connectivity index (χ0v) is 20.0. The summed E-state index contributed by atoms with van der Waals surface area (Å²) in [5, 5.41) is 44.4. The quantitative estimate of drug-likeness (QED) is 0.194. The van der Waals surface area contributed by atoms with Crippen LogP contribution in [0, 0.1) is 11.8 Å². The fourth-order valence-electron chi connectivity index (χ4n) is 5.83. The van der Waals surface area contributed by atoms with Crippen LogP contribution >= 0.6 is 0 Å². The lowest BCUT2D eigenvalue weighted by molar-refractivity contribution is -0.148. The molecular formula is C24H30N4O7. The average molecular weight is 487 g/mol. The van der Waals surface area contributed by atoms with Crippen molar-refractivity contribution in [1.29, 1.82) is 0 Å². The van der Waals surface area contributed by atoms with Gasteiger partial charge in [-0.2, -0.15) is 0 Å². The van der Waals surface area contributed by atoms with Gasteiger partial charge in [0.1, 0.15) is 22.8 Å². The van der Waals surface area contributed by atoms with Gasteiger partial charge in [-0.1, -0.05) is 0 Å². The number of phenols is 1. The van der Waals surface area contributed by atoms with Crippen LogP contribution in [0.3, 0.4) is 0 Å². The summed E-state index contributed by atoms with van der Waals surface area (Å²) in [6.07, 6.45) is 0.244. The number of amides is 1. The number of benzene rings is 1. The van der Waals surface area contributed by atoms with Gasteiger partial charge in [0.2, 0.25) is 5.78 Å². The Morgan fingerprint density at radius 1 is 1.20 bits per heavy atom. The third kappa shape index (κ3) is 3.15. The number of hydrogen-bond donors (Lipinski definition) is 6. The molecule has 4 rings (SSSR count). The number of carbonyl (C=O) groups excluding carboxylic acids is 3. The highest BCUT2D eigenvalue weighted by molar-refractivity contribution is 6.25. The Balaban J connectivity index is 1.99. The van der Waals surface area contributed by atoms with E-state index in [4.69, 9.17) is 11.5 Å². The SMILES string of the molecule is CCN(C)c1cc(N)c(O)c2c1CC1CC3[C@H](N(C)C)C(O)=C(C(N)=O)C(=O)[C@@]3(O)C(O)=C1C2=O. The summed E-state index contributed by atoms with van der Waals surface area (Å²) in [5.41, 5.74) is 8.66. The van der Waals surface area contributed by atoms with Gasteiger partial charge in [0.05, 0.1) is 17.3 Å². The number of phenolic OH excluding ortho intramolecular Hbond substituents is 1. The highest BCUT2D eigenvalue weighted by Crippen LogP contribution is 2.53. The summed E-state index contributed by atoms with van der Waals surface area (Å²) < 4.78 is 0. The van der Waals surface area contributed by atoms with Crippen LogP contribution < -0.4 is 16.4 Å². The summed E-state index contributed by atoms with van der Waals surface area (Å²) in [7, 11) is 4.99. The normalized spacial score (nSPS) is 28.1. The number of allylic oxidation sites excluding steroid dienone is 1. The van der Waals surface area contributed by atoms with Crippen LogP contribution in [0.4, 0.5) is 11.4 Å². The molecule has 8 N–H and O–H groups in total. The van der Waals surface area contributed by atoms with E-state index in [1.165, 1.54) is 4.90 Å². The number of aliphatic hydroxyl groups is 3. The lowest BCUT2D eigenvalue weighted by Gasteiger charge is -2.50. The van der Waals surface area contributed by atoms with Gasteiger partial charge in [-0.15, -0.1) is 0 Å². The summed E-state index contributed by atoms with van der Waals surface area (Å²) in [6.45, 7) is 2.51. The molecule has 0 fully saturated rings. The smallest absolute Gasteiger partial charge is 0.255 e. The van der Waals surface area contributed by atoms with Crippen LogP contribution in [0.15, 0.2) is 28.7 Å². The molecule has 0 heterocycles. The Morgan fingerprint density at radius 2 is 1.83 bits per heavy atom. The van der Waals surface area contributed by atoms with Gasteiger partial charge in [-0.25, -0.2) is 0 Å².